The van der Waals surface area contributed by atoms with Gasteiger partial charge in [-0.2, -0.15) is 11.8 Å². The van der Waals surface area contributed by atoms with Gasteiger partial charge in [0.1, 0.15) is 5.65 Å². The first kappa shape index (κ1) is 13.3. The van der Waals surface area contributed by atoms with E-state index < -0.39 is 0 Å². The van der Waals surface area contributed by atoms with Crippen molar-refractivity contribution < 1.29 is 0 Å². The van der Waals surface area contributed by atoms with E-state index in [9.17, 15) is 0 Å². The normalized spacial score (nSPS) is 11.1. The molecule has 0 saturated heterocycles. The molecule has 102 valence electrons. The summed E-state index contributed by atoms with van der Waals surface area (Å²) in [5.74, 6) is 2.00. The number of rotatable bonds is 4. The number of benzene rings is 1. The molecule has 0 aliphatic rings. The highest BCUT2D eigenvalue weighted by Gasteiger charge is 2.04. The molecular formula is C17H18N2S. The van der Waals surface area contributed by atoms with Crippen LogP contribution < -0.4 is 0 Å². The summed E-state index contributed by atoms with van der Waals surface area (Å²) in [7, 11) is 0. The van der Waals surface area contributed by atoms with E-state index >= 15 is 0 Å². The van der Waals surface area contributed by atoms with Gasteiger partial charge in [0.2, 0.25) is 0 Å². The van der Waals surface area contributed by atoms with Gasteiger partial charge in [0.25, 0.3) is 0 Å². The maximum Gasteiger partial charge on any atom is 0.137 e. The van der Waals surface area contributed by atoms with Gasteiger partial charge in [-0.1, -0.05) is 30.3 Å². The van der Waals surface area contributed by atoms with E-state index in [0.29, 0.717) is 0 Å². The molecule has 0 aliphatic carbocycles. The third-order valence-corrected chi connectivity index (χ3v) is 4.53. The molecule has 0 amide bonds. The third kappa shape index (κ3) is 2.73. The number of thioether (sulfide) groups is 1. The summed E-state index contributed by atoms with van der Waals surface area (Å²) in [6, 6.07) is 14.8. The Hall–Kier alpha value is -1.74. The predicted molar refractivity (Wildman–Crippen MR) is 86.1 cm³/mol. The summed E-state index contributed by atoms with van der Waals surface area (Å²) in [5, 5.41) is 0. The summed E-state index contributed by atoms with van der Waals surface area (Å²) in [5.41, 5.74) is 6.20. The van der Waals surface area contributed by atoms with Crippen LogP contribution in [0.3, 0.4) is 0 Å². The third-order valence-electron chi connectivity index (χ3n) is 3.51. The van der Waals surface area contributed by atoms with Crippen LogP contribution in [0.4, 0.5) is 0 Å². The quantitative estimate of drug-likeness (QED) is 0.706. The van der Waals surface area contributed by atoms with E-state index in [0.717, 1.165) is 22.8 Å². The summed E-state index contributed by atoms with van der Waals surface area (Å²) < 4.78 is 2.16. The number of nitrogens with zero attached hydrogens (tertiary/aromatic N) is 2. The Labute approximate surface area is 123 Å². The molecule has 0 bridgehead atoms. The fraction of sp³-hybridized carbons (Fsp3) is 0.235. The Morgan fingerprint density at radius 1 is 1.00 bits per heavy atom. The minimum atomic E-state index is 0.954. The molecule has 3 rings (SSSR count). The second-order valence-corrected chi connectivity index (χ2v) is 6.03. The zero-order valence-electron chi connectivity index (χ0n) is 11.8. The van der Waals surface area contributed by atoms with Crippen LogP contribution in [0, 0.1) is 13.8 Å². The first-order chi connectivity index (χ1) is 9.74. The maximum absolute atomic E-state index is 4.67. The maximum atomic E-state index is 4.67. The number of hydrogen-bond acceptors (Lipinski definition) is 2. The van der Waals surface area contributed by atoms with Crippen LogP contribution in [0.15, 0.2) is 48.7 Å². The number of aromatic nitrogens is 2. The molecule has 0 aliphatic heterocycles. The average Bonchev–Trinajstić information content (AvgIpc) is 2.85. The average molecular weight is 282 g/mol. The molecule has 1 aromatic carbocycles. The minimum Gasteiger partial charge on any atom is -0.304 e. The molecule has 20 heavy (non-hydrogen) atoms. The van der Waals surface area contributed by atoms with Gasteiger partial charge in [0, 0.05) is 23.4 Å². The van der Waals surface area contributed by atoms with Crippen molar-refractivity contribution in [3.05, 3.63) is 71.2 Å². The number of fused-ring (bicyclic) bond motifs is 1. The van der Waals surface area contributed by atoms with Gasteiger partial charge in [-0.3, -0.25) is 0 Å². The van der Waals surface area contributed by atoms with Crippen molar-refractivity contribution >= 4 is 17.4 Å². The number of hydrogen-bond donors (Lipinski definition) is 0. The van der Waals surface area contributed by atoms with Crippen molar-refractivity contribution in [1.29, 1.82) is 0 Å². The molecule has 2 aromatic heterocycles. The smallest absolute Gasteiger partial charge is 0.137 e. The van der Waals surface area contributed by atoms with E-state index in [4.69, 9.17) is 0 Å². The lowest BCUT2D eigenvalue weighted by Crippen LogP contribution is -1.87. The fourth-order valence-electron chi connectivity index (χ4n) is 2.31. The lowest BCUT2D eigenvalue weighted by atomic mass is 10.1. The molecule has 0 saturated carbocycles. The van der Waals surface area contributed by atoms with Crippen molar-refractivity contribution in [3.63, 3.8) is 0 Å². The van der Waals surface area contributed by atoms with E-state index in [1.807, 2.05) is 11.8 Å². The molecule has 2 heterocycles. The number of aryl methyl sites for hydroxylation is 2. The lowest BCUT2D eigenvalue weighted by Gasteiger charge is -2.03. The van der Waals surface area contributed by atoms with Crippen LogP contribution in [0.2, 0.25) is 0 Å². The molecule has 2 nitrogen and oxygen atoms in total. The molecule has 0 spiro atoms. The van der Waals surface area contributed by atoms with Crippen LogP contribution in [-0.2, 0) is 11.5 Å². The number of imidazole rings is 1. The Morgan fingerprint density at radius 3 is 2.65 bits per heavy atom. The molecule has 0 fully saturated rings. The molecular weight excluding hydrogens is 264 g/mol. The van der Waals surface area contributed by atoms with Crippen molar-refractivity contribution in [3.8, 4) is 0 Å². The topological polar surface area (TPSA) is 17.3 Å². The van der Waals surface area contributed by atoms with Crippen molar-refractivity contribution in [2.75, 3.05) is 0 Å². The number of pyridine rings is 1. The molecule has 0 unspecified atom stereocenters. The first-order valence-corrected chi connectivity index (χ1v) is 7.95. The Bertz CT molecular complexity index is 731. The van der Waals surface area contributed by atoms with E-state index in [2.05, 4.69) is 71.9 Å². The SMILES string of the molecule is Cc1ccccc1CSCc1cn2c(C)cccc2n1. The molecule has 3 aromatic rings. The zero-order chi connectivity index (χ0) is 13.9. The van der Waals surface area contributed by atoms with Crippen molar-refractivity contribution in [2.24, 2.45) is 0 Å². The summed E-state index contributed by atoms with van der Waals surface area (Å²) in [6.45, 7) is 4.28. The summed E-state index contributed by atoms with van der Waals surface area (Å²) in [4.78, 5) is 4.67. The lowest BCUT2D eigenvalue weighted by molar-refractivity contribution is 1.09. The Kier molecular flexibility index (Phi) is 3.79. The van der Waals surface area contributed by atoms with E-state index in [1.54, 1.807) is 0 Å². The van der Waals surface area contributed by atoms with E-state index in [1.165, 1.54) is 16.8 Å². The fourth-order valence-corrected chi connectivity index (χ4v) is 3.30. The first-order valence-electron chi connectivity index (χ1n) is 6.80. The largest absolute Gasteiger partial charge is 0.304 e. The Balaban J connectivity index is 1.68. The van der Waals surface area contributed by atoms with Gasteiger partial charge in [-0.25, -0.2) is 4.98 Å². The molecule has 0 radical (unpaired) electrons. The molecule has 3 heteroatoms. The highest BCUT2D eigenvalue weighted by molar-refractivity contribution is 7.97. The van der Waals surface area contributed by atoms with Gasteiger partial charge in [-0.15, -0.1) is 0 Å². The Morgan fingerprint density at radius 2 is 1.85 bits per heavy atom. The predicted octanol–water partition coefficient (Wildman–Crippen LogP) is 4.38. The standard InChI is InChI=1S/C17H18N2S/c1-13-6-3-4-8-15(13)11-20-12-16-10-19-14(2)7-5-9-17(19)18-16/h3-10H,11-12H2,1-2H3. The van der Waals surface area contributed by atoms with Crippen LogP contribution in [-0.4, -0.2) is 9.38 Å². The van der Waals surface area contributed by atoms with Gasteiger partial charge in [0.15, 0.2) is 0 Å². The highest BCUT2D eigenvalue weighted by Crippen LogP contribution is 2.20. The second kappa shape index (κ2) is 5.71. The summed E-state index contributed by atoms with van der Waals surface area (Å²) in [6.07, 6.45) is 2.15. The van der Waals surface area contributed by atoms with Gasteiger partial charge in [0.05, 0.1) is 5.69 Å². The highest BCUT2D eigenvalue weighted by atomic mass is 32.2. The second-order valence-electron chi connectivity index (χ2n) is 5.05. The van der Waals surface area contributed by atoms with Crippen molar-refractivity contribution in [1.82, 2.24) is 9.38 Å². The minimum absolute atomic E-state index is 0.954. The van der Waals surface area contributed by atoms with E-state index in [-0.39, 0.29) is 0 Å². The van der Waals surface area contributed by atoms with Gasteiger partial charge < -0.3 is 4.40 Å². The monoisotopic (exact) mass is 282 g/mol. The van der Waals surface area contributed by atoms with Crippen LogP contribution in [0.5, 0.6) is 0 Å². The summed E-state index contributed by atoms with van der Waals surface area (Å²) >= 11 is 1.92. The van der Waals surface area contributed by atoms with Crippen LogP contribution >= 0.6 is 11.8 Å². The van der Waals surface area contributed by atoms with Crippen LogP contribution in [0.25, 0.3) is 5.65 Å². The van der Waals surface area contributed by atoms with Crippen molar-refractivity contribution in [2.45, 2.75) is 25.4 Å². The zero-order valence-corrected chi connectivity index (χ0v) is 12.7. The molecule has 0 N–H and O–H groups in total. The van der Waals surface area contributed by atoms with Crippen LogP contribution in [0.1, 0.15) is 22.5 Å². The van der Waals surface area contributed by atoms with Gasteiger partial charge >= 0.3 is 0 Å². The molecule has 0 atom stereocenters. The van der Waals surface area contributed by atoms with Gasteiger partial charge in [-0.05, 0) is 37.1 Å².